The Bertz CT molecular complexity index is 182. The van der Waals surface area contributed by atoms with E-state index in [0.717, 1.165) is 57.0 Å². The van der Waals surface area contributed by atoms with E-state index in [0.29, 0.717) is 0 Å². The van der Waals surface area contributed by atoms with Gasteiger partial charge >= 0.3 is 0 Å². The summed E-state index contributed by atoms with van der Waals surface area (Å²) >= 11 is 0. The summed E-state index contributed by atoms with van der Waals surface area (Å²) in [5.41, 5.74) is 0. The van der Waals surface area contributed by atoms with Crippen molar-refractivity contribution in [1.29, 1.82) is 0 Å². The van der Waals surface area contributed by atoms with Crippen LogP contribution in [0.4, 0.5) is 0 Å². The number of hydrogen-bond acceptors (Lipinski definition) is 2. The van der Waals surface area contributed by atoms with Crippen LogP contribution < -0.4 is 0 Å². The third kappa shape index (κ3) is 5.87. The third-order valence-electron chi connectivity index (χ3n) is 3.76. The fourth-order valence-corrected chi connectivity index (χ4v) is 2.74. The van der Waals surface area contributed by atoms with E-state index in [2.05, 4.69) is 20.8 Å². The van der Waals surface area contributed by atoms with Gasteiger partial charge in [-0.05, 0) is 43.4 Å². The molecule has 0 aromatic heterocycles. The normalized spacial score (nSPS) is 29.5. The molecule has 3 atom stereocenters. The minimum atomic E-state index is 0.724. The Morgan fingerprint density at radius 1 is 0.882 bits per heavy atom. The highest BCUT2D eigenvalue weighted by molar-refractivity contribution is 4.78. The van der Waals surface area contributed by atoms with Crippen molar-refractivity contribution >= 4 is 0 Å². The minimum Gasteiger partial charge on any atom is -0.381 e. The molecule has 0 N–H and O–H groups in total. The molecule has 3 unspecified atom stereocenters. The molecule has 1 rings (SSSR count). The summed E-state index contributed by atoms with van der Waals surface area (Å²) in [6.45, 7) is 10.4. The molecule has 1 aliphatic rings. The molecule has 0 spiro atoms. The van der Waals surface area contributed by atoms with Crippen molar-refractivity contribution in [3.8, 4) is 0 Å². The Kier molecular flexibility index (Phi) is 7.87. The van der Waals surface area contributed by atoms with Crippen molar-refractivity contribution in [3.05, 3.63) is 0 Å². The Morgan fingerprint density at radius 2 is 1.47 bits per heavy atom. The van der Waals surface area contributed by atoms with Crippen molar-refractivity contribution < 1.29 is 9.47 Å². The lowest BCUT2D eigenvalue weighted by Crippen LogP contribution is -2.31. The van der Waals surface area contributed by atoms with Gasteiger partial charge in [-0.1, -0.05) is 27.2 Å². The molecule has 0 aromatic carbocycles. The van der Waals surface area contributed by atoms with Gasteiger partial charge in [0.25, 0.3) is 0 Å². The van der Waals surface area contributed by atoms with Gasteiger partial charge in [0.05, 0.1) is 0 Å². The van der Waals surface area contributed by atoms with Crippen LogP contribution in [0.1, 0.15) is 52.9 Å². The van der Waals surface area contributed by atoms with Gasteiger partial charge in [0.1, 0.15) is 0 Å². The second kappa shape index (κ2) is 8.93. The molecule has 0 aliphatic heterocycles. The van der Waals surface area contributed by atoms with Crippen molar-refractivity contribution in [2.24, 2.45) is 17.8 Å². The van der Waals surface area contributed by atoms with Crippen LogP contribution in [-0.4, -0.2) is 26.4 Å². The van der Waals surface area contributed by atoms with Crippen LogP contribution in [0.2, 0.25) is 0 Å². The first-order valence-corrected chi connectivity index (χ1v) is 7.43. The quantitative estimate of drug-likeness (QED) is 0.601. The average molecular weight is 242 g/mol. The van der Waals surface area contributed by atoms with Gasteiger partial charge in [-0.15, -0.1) is 0 Å². The maximum atomic E-state index is 5.75. The first-order valence-electron chi connectivity index (χ1n) is 7.43. The zero-order valence-electron chi connectivity index (χ0n) is 11.9. The van der Waals surface area contributed by atoms with Crippen LogP contribution in [0, 0.1) is 17.8 Å². The second-order valence-corrected chi connectivity index (χ2v) is 5.59. The van der Waals surface area contributed by atoms with Crippen LogP contribution in [0.3, 0.4) is 0 Å². The van der Waals surface area contributed by atoms with E-state index in [-0.39, 0.29) is 0 Å². The van der Waals surface area contributed by atoms with E-state index in [1.165, 1.54) is 19.3 Å². The van der Waals surface area contributed by atoms with Crippen LogP contribution in [0.5, 0.6) is 0 Å². The van der Waals surface area contributed by atoms with Crippen molar-refractivity contribution in [3.63, 3.8) is 0 Å². The molecule has 2 heteroatoms. The molecule has 2 nitrogen and oxygen atoms in total. The van der Waals surface area contributed by atoms with E-state index < -0.39 is 0 Å². The molecule has 0 heterocycles. The number of ether oxygens (including phenoxy) is 2. The predicted molar refractivity (Wildman–Crippen MR) is 72.2 cm³/mol. The van der Waals surface area contributed by atoms with Gasteiger partial charge in [-0.2, -0.15) is 0 Å². The highest BCUT2D eigenvalue weighted by atomic mass is 16.5. The third-order valence-corrected chi connectivity index (χ3v) is 3.76. The molecule has 1 saturated carbocycles. The maximum absolute atomic E-state index is 5.75. The van der Waals surface area contributed by atoms with Gasteiger partial charge in [0, 0.05) is 26.4 Å². The lowest BCUT2D eigenvalue weighted by atomic mass is 9.75. The summed E-state index contributed by atoms with van der Waals surface area (Å²) in [7, 11) is 0. The summed E-state index contributed by atoms with van der Waals surface area (Å²) in [6, 6.07) is 0. The fraction of sp³-hybridized carbons (Fsp3) is 1.00. The van der Waals surface area contributed by atoms with Gasteiger partial charge in [-0.3, -0.25) is 0 Å². The van der Waals surface area contributed by atoms with E-state index in [1.807, 2.05) is 0 Å². The van der Waals surface area contributed by atoms with Gasteiger partial charge in [0.2, 0.25) is 0 Å². The summed E-state index contributed by atoms with van der Waals surface area (Å²) < 4.78 is 11.5. The molecule has 102 valence electrons. The summed E-state index contributed by atoms with van der Waals surface area (Å²) in [6.07, 6.45) is 6.26. The highest BCUT2D eigenvalue weighted by Gasteiger charge is 2.28. The van der Waals surface area contributed by atoms with E-state index >= 15 is 0 Å². The molecule has 1 fully saturated rings. The Labute approximate surface area is 107 Å². The van der Waals surface area contributed by atoms with E-state index in [4.69, 9.17) is 9.47 Å². The van der Waals surface area contributed by atoms with Crippen molar-refractivity contribution in [2.75, 3.05) is 26.4 Å². The predicted octanol–water partition coefficient (Wildman–Crippen LogP) is 3.89. The molecular weight excluding hydrogens is 212 g/mol. The Balaban J connectivity index is 2.29. The molecule has 0 radical (unpaired) electrons. The lowest BCUT2D eigenvalue weighted by molar-refractivity contribution is 0.00453. The standard InChI is InChI=1S/C15H30O2/c1-4-8-16-11-14-7-6-13(3)10-15(14)12-17-9-5-2/h13-15H,4-12H2,1-3H3. The SMILES string of the molecule is CCCOCC1CCC(C)CC1COCCC. The zero-order valence-corrected chi connectivity index (χ0v) is 11.9. The smallest absolute Gasteiger partial charge is 0.0497 e. The van der Waals surface area contributed by atoms with E-state index in [9.17, 15) is 0 Å². The Hall–Kier alpha value is -0.0800. The largest absolute Gasteiger partial charge is 0.381 e. The molecule has 0 aromatic rings. The first kappa shape index (κ1) is 15.0. The number of hydrogen-bond donors (Lipinski definition) is 0. The van der Waals surface area contributed by atoms with Crippen molar-refractivity contribution in [1.82, 2.24) is 0 Å². The van der Waals surface area contributed by atoms with Gasteiger partial charge in [0.15, 0.2) is 0 Å². The number of rotatable bonds is 8. The molecule has 17 heavy (non-hydrogen) atoms. The first-order chi connectivity index (χ1) is 8.27. The molecule has 0 saturated heterocycles. The maximum Gasteiger partial charge on any atom is 0.0497 e. The second-order valence-electron chi connectivity index (χ2n) is 5.59. The topological polar surface area (TPSA) is 18.5 Å². The molecular formula is C15H30O2. The van der Waals surface area contributed by atoms with E-state index in [1.54, 1.807) is 0 Å². The average Bonchev–Trinajstić information content (AvgIpc) is 2.32. The molecule has 1 aliphatic carbocycles. The zero-order chi connectivity index (χ0) is 12.5. The Morgan fingerprint density at radius 3 is 2.06 bits per heavy atom. The van der Waals surface area contributed by atoms with Crippen molar-refractivity contribution in [2.45, 2.75) is 52.9 Å². The highest BCUT2D eigenvalue weighted by Crippen LogP contribution is 2.34. The minimum absolute atomic E-state index is 0.724. The summed E-state index contributed by atoms with van der Waals surface area (Å²) in [5, 5.41) is 0. The van der Waals surface area contributed by atoms with Crippen LogP contribution in [0.25, 0.3) is 0 Å². The monoisotopic (exact) mass is 242 g/mol. The van der Waals surface area contributed by atoms with Crippen LogP contribution >= 0.6 is 0 Å². The summed E-state index contributed by atoms with van der Waals surface area (Å²) in [4.78, 5) is 0. The van der Waals surface area contributed by atoms with Crippen LogP contribution in [0.15, 0.2) is 0 Å². The van der Waals surface area contributed by atoms with Gasteiger partial charge < -0.3 is 9.47 Å². The molecule has 0 amide bonds. The summed E-state index contributed by atoms with van der Waals surface area (Å²) in [5.74, 6) is 2.32. The fourth-order valence-electron chi connectivity index (χ4n) is 2.74. The lowest BCUT2D eigenvalue weighted by Gasteiger charge is -2.34. The van der Waals surface area contributed by atoms with Crippen LogP contribution in [-0.2, 0) is 9.47 Å². The van der Waals surface area contributed by atoms with Gasteiger partial charge in [-0.25, -0.2) is 0 Å². The molecule has 0 bridgehead atoms.